The van der Waals surface area contributed by atoms with E-state index in [9.17, 15) is 8.42 Å². The van der Waals surface area contributed by atoms with Gasteiger partial charge in [-0.2, -0.15) is 0 Å². The molecule has 0 bridgehead atoms. The van der Waals surface area contributed by atoms with Crippen LogP contribution in [0.15, 0.2) is 59.1 Å². The summed E-state index contributed by atoms with van der Waals surface area (Å²) in [6.07, 6.45) is 3.15. The molecule has 0 saturated heterocycles. The van der Waals surface area contributed by atoms with Gasteiger partial charge in [-0.1, -0.05) is 6.07 Å². The van der Waals surface area contributed by atoms with Crippen molar-refractivity contribution in [3.63, 3.8) is 0 Å². The molecule has 6 nitrogen and oxygen atoms in total. The van der Waals surface area contributed by atoms with Gasteiger partial charge in [0.25, 0.3) is 10.0 Å². The second-order valence-corrected chi connectivity index (χ2v) is 7.66. The highest BCUT2D eigenvalue weighted by atomic mass is 32.2. The van der Waals surface area contributed by atoms with Crippen LogP contribution in [-0.4, -0.2) is 27.6 Å². The molecule has 0 fully saturated rings. The number of methoxy groups -OCH3 is 2. The van der Waals surface area contributed by atoms with Gasteiger partial charge in [-0.3, -0.25) is 9.71 Å². The minimum Gasteiger partial charge on any atom is -0.497 e. The Balaban J connectivity index is 1.96. The highest BCUT2D eigenvalue weighted by Crippen LogP contribution is 2.31. The van der Waals surface area contributed by atoms with Gasteiger partial charge >= 0.3 is 0 Å². The number of hydrogen-bond acceptors (Lipinski definition) is 6. The second kappa shape index (κ2) is 7.12. The Hall–Kier alpha value is -2.58. The lowest BCUT2D eigenvalue weighted by Gasteiger charge is -2.13. The molecule has 1 N–H and O–H groups in total. The van der Waals surface area contributed by atoms with Crippen LogP contribution in [-0.2, 0) is 10.0 Å². The number of benzene rings is 1. The standard InChI is InChI=1S/C17H16N2O4S2/c1-22-14-5-6-15(23-2)17(9-14)25(20,21)19-13-8-12(10-18-11-13)16-4-3-7-24-16/h3-11,19H,1-2H3. The zero-order valence-electron chi connectivity index (χ0n) is 13.6. The summed E-state index contributed by atoms with van der Waals surface area (Å²) in [6.45, 7) is 0. The van der Waals surface area contributed by atoms with Crippen molar-refractivity contribution in [2.75, 3.05) is 18.9 Å². The molecule has 0 aliphatic carbocycles. The quantitative estimate of drug-likeness (QED) is 0.711. The van der Waals surface area contributed by atoms with E-state index in [1.54, 1.807) is 35.7 Å². The fourth-order valence-corrected chi connectivity index (χ4v) is 4.21. The van der Waals surface area contributed by atoms with Crippen LogP contribution in [0.1, 0.15) is 0 Å². The van der Waals surface area contributed by atoms with Crippen molar-refractivity contribution in [3.05, 3.63) is 54.2 Å². The van der Waals surface area contributed by atoms with E-state index in [-0.39, 0.29) is 10.6 Å². The van der Waals surface area contributed by atoms with Crippen molar-refractivity contribution in [1.29, 1.82) is 0 Å². The number of nitrogens with zero attached hydrogens (tertiary/aromatic N) is 1. The molecule has 0 radical (unpaired) electrons. The molecule has 8 heteroatoms. The maximum Gasteiger partial charge on any atom is 0.265 e. The number of hydrogen-bond donors (Lipinski definition) is 1. The zero-order valence-corrected chi connectivity index (χ0v) is 15.2. The Morgan fingerprint density at radius 2 is 1.92 bits per heavy atom. The molecular formula is C17H16N2O4S2. The maximum atomic E-state index is 12.8. The summed E-state index contributed by atoms with van der Waals surface area (Å²) >= 11 is 1.56. The van der Waals surface area contributed by atoms with Gasteiger partial charge in [-0.05, 0) is 29.6 Å². The third-order valence-electron chi connectivity index (χ3n) is 3.46. The van der Waals surface area contributed by atoms with Crippen LogP contribution in [0.25, 0.3) is 10.4 Å². The van der Waals surface area contributed by atoms with Crippen LogP contribution in [0.3, 0.4) is 0 Å². The third-order valence-corrected chi connectivity index (χ3v) is 5.78. The van der Waals surface area contributed by atoms with Crippen molar-refractivity contribution >= 4 is 27.0 Å². The Morgan fingerprint density at radius 1 is 1.08 bits per heavy atom. The molecule has 0 aliphatic rings. The van der Waals surface area contributed by atoms with E-state index in [0.29, 0.717) is 11.4 Å². The summed E-state index contributed by atoms with van der Waals surface area (Å²) in [5, 5.41) is 1.95. The Kier molecular flexibility index (Phi) is 4.91. The van der Waals surface area contributed by atoms with Crippen LogP contribution < -0.4 is 14.2 Å². The summed E-state index contributed by atoms with van der Waals surface area (Å²) in [5.74, 6) is 0.655. The van der Waals surface area contributed by atoms with Crippen LogP contribution in [0.5, 0.6) is 11.5 Å². The van der Waals surface area contributed by atoms with Gasteiger partial charge in [-0.25, -0.2) is 8.42 Å². The van der Waals surface area contributed by atoms with Crippen molar-refractivity contribution in [3.8, 4) is 21.9 Å². The van der Waals surface area contributed by atoms with Crippen molar-refractivity contribution in [2.45, 2.75) is 4.90 Å². The van der Waals surface area contributed by atoms with Crippen LogP contribution in [0, 0.1) is 0 Å². The van der Waals surface area contributed by atoms with E-state index in [0.717, 1.165) is 10.4 Å². The molecule has 3 aromatic rings. The summed E-state index contributed by atoms with van der Waals surface area (Å²) in [4.78, 5) is 5.12. The molecule has 0 unspecified atom stereocenters. The van der Waals surface area contributed by atoms with E-state index >= 15 is 0 Å². The Labute approximate surface area is 150 Å². The molecule has 0 spiro atoms. The minimum absolute atomic E-state index is 0.00382. The van der Waals surface area contributed by atoms with Crippen molar-refractivity contribution < 1.29 is 17.9 Å². The molecule has 1 aromatic carbocycles. The fraction of sp³-hybridized carbons (Fsp3) is 0.118. The first-order valence-electron chi connectivity index (χ1n) is 7.27. The second-order valence-electron chi connectivity index (χ2n) is 5.06. The van der Waals surface area contributed by atoms with E-state index in [2.05, 4.69) is 9.71 Å². The average molecular weight is 376 g/mol. The summed E-state index contributed by atoms with van der Waals surface area (Å²) in [5.41, 5.74) is 1.21. The van der Waals surface area contributed by atoms with Crippen molar-refractivity contribution in [1.82, 2.24) is 4.98 Å². The Bertz CT molecular complexity index is 970. The summed E-state index contributed by atoms with van der Waals surface area (Å²) in [6, 6.07) is 10.2. The SMILES string of the molecule is COc1ccc(OC)c(S(=O)(=O)Nc2cncc(-c3cccs3)c2)c1. The molecule has 0 aliphatic heterocycles. The molecular weight excluding hydrogens is 360 g/mol. The predicted octanol–water partition coefficient (Wildman–Crippen LogP) is 3.63. The highest BCUT2D eigenvalue weighted by molar-refractivity contribution is 7.92. The van der Waals surface area contributed by atoms with E-state index in [1.165, 1.54) is 26.5 Å². The zero-order chi connectivity index (χ0) is 17.9. The van der Waals surface area contributed by atoms with Crippen LogP contribution in [0.4, 0.5) is 5.69 Å². The summed E-state index contributed by atoms with van der Waals surface area (Å²) < 4.78 is 38.4. The van der Waals surface area contributed by atoms with Gasteiger partial charge in [0.1, 0.15) is 16.4 Å². The molecule has 0 saturated carbocycles. The number of anilines is 1. The number of aromatic nitrogens is 1. The van der Waals surface area contributed by atoms with E-state index in [4.69, 9.17) is 9.47 Å². The van der Waals surface area contributed by atoms with E-state index < -0.39 is 10.0 Å². The van der Waals surface area contributed by atoms with Gasteiger partial charge in [0, 0.05) is 22.7 Å². The van der Waals surface area contributed by atoms with E-state index in [1.807, 2.05) is 17.5 Å². The van der Waals surface area contributed by atoms with Gasteiger partial charge in [0.15, 0.2) is 0 Å². The fourth-order valence-electron chi connectivity index (χ4n) is 2.28. The van der Waals surface area contributed by atoms with Crippen LogP contribution >= 0.6 is 11.3 Å². The van der Waals surface area contributed by atoms with Gasteiger partial charge in [0.2, 0.25) is 0 Å². The average Bonchev–Trinajstić information content (AvgIpc) is 3.15. The summed E-state index contributed by atoms with van der Waals surface area (Å²) in [7, 11) is -0.977. The monoisotopic (exact) mass is 376 g/mol. The van der Waals surface area contributed by atoms with Gasteiger partial charge in [-0.15, -0.1) is 11.3 Å². The lowest BCUT2D eigenvalue weighted by atomic mass is 10.2. The number of rotatable bonds is 6. The molecule has 2 aromatic heterocycles. The molecule has 130 valence electrons. The topological polar surface area (TPSA) is 77.5 Å². The lowest BCUT2D eigenvalue weighted by Crippen LogP contribution is -2.14. The maximum absolute atomic E-state index is 12.8. The smallest absolute Gasteiger partial charge is 0.265 e. The number of ether oxygens (including phenoxy) is 2. The number of pyridine rings is 1. The normalized spacial score (nSPS) is 11.1. The first kappa shape index (κ1) is 17.2. The Morgan fingerprint density at radius 3 is 2.60 bits per heavy atom. The van der Waals surface area contributed by atoms with Gasteiger partial charge < -0.3 is 9.47 Å². The molecule has 0 amide bonds. The number of sulfonamides is 1. The predicted molar refractivity (Wildman–Crippen MR) is 97.9 cm³/mol. The molecule has 3 rings (SSSR count). The highest BCUT2D eigenvalue weighted by Gasteiger charge is 2.21. The third kappa shape index (κ3) is 3.75. The van der Waals surface area contributed by atoms with Crippen molar-refractivity contribution in [2.24, 2.45) is 0 Å². The molecule has 0 atom stereocenters. The first-order valence-corrected chi connectivity index (χ1v) is 9.63. The van der Waals surface area contributed by atoms with Crippen LogP contribution in [0.2, 0.25) is 0 Å². The lowest BCUT2D eigenvalue weighted by molar-refractivity contribution is 0.392. The number of thiophene rings is 1. The first-order chi connectivity index (χ1) is 12.0. The number of nitrogens with one attached hydrogen (secondary N) is 1. The molecule has 25 heavy (non-hydrogen) atoms. The minimum atomic E-state index is -3.87. The largest absolute Gasteiger partial charge is 0.497 e. The molecule has 2 heterocycles. The van der Waals surface area contributed by atoms with Gasteiger partial charge in [0.05, 0.1) is 26.1 Å².